The van der Waals surface area contributed by atoms with E-state index in [1.807, 2.05) is 30.3 Å². The second-order valence-electron chi connectivity index (χ2n) is 4.83. The molecule has 0 fully saturated rings. The Morgan fingerprint density at radius 3 is 2.59 bits per heavy atom. The van der Waals surface area contributed by atoms with E-state index in [1.54, 1.807) is 6.92 Å². The van der Waals surface area contributed by atoms with Crippen molar-refractivity contribution in [3.63, 3.8) is 0 Å². The Balaban J connectivity index is 1.76. The van der Waals surface area contributed by atoms with Crippen molar-refractivity contribution in [1.82, 2.24) is 5.43 Å². The van der Waals surface area contributed by atoms with E-state index in [0.717, 1.165) is 11.0 Å². The molecule has 3 rings (SSSR count). The molecule has 110 valence electrons. The molecule has 1 amide bonds. The number of benzene rings is 2. The number of para-hydroxylation sites is 1. The normalized spacial score (nSPS) is 11.6. The lowest BCUT2D eigenvalue weighted by atomic mass is 10.2. The molecule has 2 aromatic carbocycles. The van der Waals surface area contributed by atoms with Crippen LogP contribution < -0.4 is 5.43 Å². The Morgan fingerprint density at radius 2 is 1.86 bits per heavy atom. The molecular weight excluding hydrogens is 280 g/mol. The van der Waals surface area contributed by atoms with E-state index in [2.05, 4.69) is 10.5 Å². The summed E-state index contributed by atoms with van der Waals surface area (Å²) in [7, 11) is 0. The van der Waals surface area contributed by atoms with Gasteiger partial charge in [0.15, 0.2) is 5.76 Å². The van der Waals surface area contributed by atoms with E-state index in [9.17, 15) is 9.90 Å². The van der Waals surface area contributed by atoms with Gasteiger partial charge in [-0.2, -0.15) is 5.10 Å². The molecule has 0 saturated carbocycles. The number of hydrogen-bond acceptors (Lipinski definition) is 4. The van der Waals surface area contributed by atoms with Gasteiger partial charge in [0.05, 0.1) is 0 Å². The highest BCUT2D eigenvalue weighted by molar-refractivity contribution is 6.01. The smallest absolute Gasteiger partial charge is 0.271 e. The fourth-order valence-electron chi connectivity index (χ4n) is 2.03. The number of rotatable bonds is 3. The van der Waals surface area contributed by atoms with E-state index in [1.165, 1.54) is 24.3 Å². The number of nitrogens with one attached hydrogen (secondary N) is 1. The molecule has 0 atom stereocenters. The van der Waals surface area contributed by atoms with E-state index < -0.39 is 0 Å². The van der Waals surface area contributed by atoms with Gasteiger partial charge in [0.25, 0.3) is 5.91 Å². The molecule has 0 aliphatic heterocycles. The summed E-state index contributed by atoms with van der Waals surface area (Å²) in [6.45, 7) is 1.76. The molecule has 0 radical (unpaired) electrons. The van der Waals surface area contributed by atoms with Crippen molar-refractivity contribution in [2.45, 2.75) is 6.92 Å². The molecule has 0 spiro atoms. The van der Waals surface area contributed by atoms with E-state index in [4.69, 9.17) is 4.42 Å². The lowest BCUT2D eigenvalue weighted by molar-refractivity contribution is 0.0955. The summed E-state index contributed by atoms with van der Waals surface area (Å²) in [6, 6.07) is 15.5. The number of phenolic OH excluding ortho intramolecular Hbond substituents is 1. The van der Waals surface area contributed by atoms with Gasteiger partial charge >= 0.3 is 0 Å². The number of carbonyl (C=O) groups is 1. The fraction of sp³-hybridized carbons (Fsp3) is 0.0588. The first kappa shape index (κ1) is 13.9. The third kappa shape index (κ3) is 2.83. The number of nitrogens with zero attached hydrogens (tertiary/aromatic N) is 1. The molecule has 0 aliphatic rings. The molecule has 0 bridgehead atoms. The molecule has 5 heteroatoms. The fourth-order valence-corrected chi connectivity index (χ4v) is 2.03. The summed E-state index contributed by atoms with van der Waals surface area (Å²) in [4.78, 5) is 11.9. The average Bonchev–Trinajstić information content (AvgIpc) is 2.97. The summed E-state index contributed by atoms with van der Waals surface area (Å²) >= 11 is 0. The summed E-state index contributed by atoms with van der Waals surface area (Å²) in [5, 5.41) is 14.2. The molecular formula is C17H14N2O3. The third-order valence-electron chi connectivity index (χ3n) is 3.24. The van der Waals surface area contributed by atoms with Gasteiger partial charge in [-0.25, -0.2) is 5.43 Å². The zero-order valence-electron chi connectivity index (χ0n) is 11.9. The predicted molar refractivity (Wildman–Crippen MR) is 84.0 cm³/mol. The van der Waals surface area contributed by atoms with Crippen LogP contribution in [-0.2, 0) is 0 Å². The van der Waals surface area contributed by atoms with Crippen molar-refractivity contribution in [2.24, 2.45) is 5.10 Å². The van der Waals surface area contributed by atoms with Gasteiger partial charge in [-0.05, 0) is 43.3 Å². The van der Waals surface area contributed by atoms with Crippen LogP contribution >= 0.6 is 0 Å². The first-order valence-electron chi connectivity index (χ1n) is 6.76. The van der Waals surface area contributed by atoms with Crippen LogP contribution in [0.2, 0.25) is 0 Å². The number of carbonyl (C=O) groups excluding carboxylic acids is 1. The highest BCUT2D eigenvalue weighted by Crippen LogP contribution is 2.19. The Morgan fingerprint density at radius 1 is 1.14 bits per heavy atom. The predicted octanol–water partition coefficient (Wildman–Crippen LogP) is 3.29. The molecule has 2 N–H and O–H groups in total. The quantitative estimate of drug-likeness (QED) is 0.575. The minimum absolute atomic E-state index is 0.110. The van der Waals surface area contributed by atoms with Crippen LogP contribution in [0.4, 0.5) is 0 Å². The van der Waals surface area contributed by atoms with Gasteiger partial charge < -0.3 is 9.52 Å². The summed E-state index contributed by atoms with van der Waals surface area (Å²) in [6.07, 6.45) is 0. The van der Waals surface area contributed by atoms with Crippen LogP contribution in [-0.4, -0.2) is 16.7 Å². The Bertz CT molecular complexity index is 815. The lowest BCUT2D eigenvalue weighted by Gasteiger charge is -2.01. The minimum atomic E-state index is -0.351. The minimum Gasteiger partial charge on any atom is -0.508 e. The van der Waals surface area contributed by atoms with E-state index in [-0.39, 0.29) is 11.7 Å². The van der Waals surface area contributed by atoms with Gasteiger partial charge in [-0.3, -0.25) is 4.79 Å². The zero-order chi connectivity index (χ0) is 15.5. The average molecular weight is 294 g/mol. The summed E-state index contributed by atoms with van der Waals surface area (Å²) in [5.41, 5.74) is 4.23. The van der Waals surface area contributed by atoms with Crippen molar-refractivity contribution >= 4 is 22.6 Å². The topological polar surface area (TPSA) is 74.8 Å². The second-order valence-corrected chi connectivity index (χ2v) is 4.83. The molecule has 0 aliphatic carbocycles. The first-order chi connectivity index (χ1) is 10.6. The first-order valence-corrected chi connectivity index (χ1v) is 6.76. The lowest BCUT2D eigenvalue weighted by Crippen LogP contribution is -2.19. The number of hydrogen-bond donors (Lipinski definition) is 2. The van der Waals surface area contributed by atoms with Crippen LogP contribution in [0.15, 0.2) is 64.1 Å². The molecule has 3 aromatic rings. The third-order valence-corrected chi connectivity index (χ3v) is 3.24. The van der Waals surface area contributed by atoms with E-state index in [0.29, 0.717) is 17.0 Å². The molecule has 5 nitrogen and oxygen atoms in total. The monoisotopic (exact) mass is 294 g/mol. The molecule has 22 heavy (non-hydrogen) atoms. The van der Waals surface area contributed by atoms with Crippen LogP contribution in [0.25, 0.3) is 11.0 Å². The van der Waals surface area contributed by atoms with Crippen molar-refractivity contribution in [3.05, 3.63) is 65.9 Å². The number of fused-ring (bicyclic) bond motifs is 1. The number of aromatic hydroxyl groups is 1. The number of furan rings is 1. The maximum absolute atomic E-state index is 11.9. The van der Waals surface area contributed by atoms with Crippen LogP contribution in [0.3, 0.4) is 0 Å². The van der Waals surface area contributed by atoms with Crippen molar-refractivity contribution in [2.75, 3.05) is 0 Å². The van der Waals surface area contributed by atoms with Gasteiger partial charge in [-0.1, -0.05) is 18.2 Å². The van der Waals surface area contributed by atoms with Gasteiger partial charge in [-0.15, -0.1) is 0 Å². The maximum Gasteiger partial charge on any atom is 0.271 e. The van der Waals surface area contributed by atoms with Crippen molar-refractivity contribution in [3.8, 4) is 5.75 Å². The number of phenols is 1. The standard InChI is InChI=1S/C17H14N2O3/c1-11(16-10-13-4-2-3-5-15(13)22-16)18-19-17(21)12-6-8-14(20)9-7-12/h2-10,20H,1H3,(H,19,21)/b18-11+. The largest absolute Gasteiger partial charge is 0.508 e. The van der Waals surface area contributed by atoms with Crippen LogP contribution in [0.1, 0.15) is 23.0 Å². The van der Waals surface area contributed by atoms with Gasteiger partial charge in [0.1, 0.15) is 17.0 Å². The SMILES string of the molecule is C/C(=N\NC(=O)c1ccc(O)cc1)c1cc2ccccc2o1. The molecule has 1 heterocycles. The molecule has 0 unspecified atom stereocenters. The molecule has 0 saturated heterocycles. The van der Waals surface area contributed by atoms with Crippen molar-refractivity contribution < 1.29 is 14.3 Å². The summed E-state index contributed by atoms with van der Waals surface area (Å²) in [5.74, 6) is 0.362. The Kier molecular flexibility index (Phi) is 3.62. The van der Waals surface area contributed by atoms with Crippen LogP contribution in [0.5, 0.6) is 5.75 Å². The highest BCUT2D eigenvalue weighted by Gasteiger charge is 2.08. The highest BCUT2D eigenvalue weighted by atomic mass is 16.3. The second kappa shape index (κ2) is 5.73. The van der Waals surface area contributed by atoms with Crippen LogP contribution in [0, 0.1) is 0 Å². The van der Waals surface area contributed by atoms with E-state index >= 15 is 0 Å². The Hall–Kier alpha value is -3.08. The summed E-state index contributed by atoms with van der Waals surface area (Å²) < 4.78 is 5.67. The number of amides is 1. The van der Waals surface area contributed by atoms with Crippen molar-refractivity contribution in [1.29, 1.82) is 0 Å². The van der Waals surface area contributed by atoms with Gasteiger partial charge in [0.2, 0.25) is 0 Å². The molecule has 1 aromatic heterocycles. The number of hydrazone groups is 1. The Labute approximate surface area is 126 Å². The van der Waals surface area contributed by atoms with Gasteiger partial charge in [0, 0.05) is 10.9 Å². The zero-order valence-corrected chi connectivity index (χ0v) is 11.9. The maximum atomic E-state index is 11.9.